The zero-order chi connectivity index (χ0) is 9.41. The van der Waals surface area contributed by atoms with Crippen molar-refractivity contribution in [3.63, 3.8) is 0 Å². The Morgan fingerprint density at radius 2 is 2.00 bits per heavy atom. The van der Waals surface area contributed by atoms with Gasteiger partial charge in [0.25, 0.3) is 0 Å². The molecule has 0 aromatic heterocycles. The van der Waals surface area contributed by atoms with Crippen LogP contribution in [-0.2, 0) is 9.47 Å². The largest absolute Gasteiger partial charge is 0.350 e. The van der Waals surface area contributed by atoms with Gasteiger partial charge < -0.3 is 9.47 Å². The third-order valence-corrected chi connectivity index (χ3v) is 3.15. The van der Waals surface area contributed by atoms with E-state index in [1.165, 1.54) is 14.2 Å². The third-order valence-electron chi connectivity index (χ3n) is 2.21. The van der Waals surface area contributed by atoms with E-state index in [9.17, 15) is 0 Å². The van der Waals surface area contributed by atoms with E-state index in [0.29, 0.717) is 6.42 Å². The molecule has 0 heterocycles. The van der Waals surface area contributed by atoms with Gasteiger partial charge in [-0.2, -0.15) is 5.26 Å². The second-order valence-electron chi connectivity index (χ2n) is 2.66. The van der Waals surface area contributed by atoms with E-state index in [1.807, 2.05) is 6.07 Å². The lowest BCUT2D eigenvalue weighted by Gasteiger charge is -2.52. The predicted molar refractivity (Wildman–Crippen MR) is 45.2 cm³/mol. The maximum absolute atomic E-state index is 8.76. The molecule has 0 radical (unpaired) electrons. The van der Waals surface area contributed by atoms with Gasteiger partial charge in [-0.1, -0.05) is 11.6 Å². The molecule has 0 aromatic carbocycles. The lowest BCUT2D eigenvalue weighted by Crippen LogP contribution is -2.69. The molecule has 1 saturated carbocycles. The molecule has 1 aliphatic rings. The molecule has 0 aromatic rings. The molecule has 68 valence electrons. The van der Waals surface area contributed by atoms with Gasteiger partial charge in [-0.3, -0.25) is 0 Å². The summed E-state index contributed by atoms with van der Waals surface area (Å²) in [5, 5.41) is 8.39. The van der Waals surface area contributed by atoms with Crippen LogP contribution in [-0.4, -0.2) is 30.3 Å². The van der Waals surface area contributed by atoms with Crippen molar-refractivity contribution in [2.45, 2.75) is 22.5 Å². The molecule has 1 rings (SSSR count). The fraction of sp³-hybridized carbons (Fsp3) is 0.857. The van der Waals surface area contributed by atoms with Crippen LogP contribution in [0.2, 0.25) is 0 Å². The van der Waals surface area contributed by atoms with Crippen molar-refractivity contribution in [3.05, 3.63) is 0 Å². The van der Waals surface area contributed by atoms with Crippen LogP contribution >= 0.6 is 23.2 Å². The molecular weight excluding hydrogens is 201 g/mol. The number of hydrogen-bond donors (Lipinski definition) is 0. The summed E-state index contributed by atoms with van der Waals surface area (Å²) in [7, 11) is 2.85. The Morgan fingerprint density at radius 3 is 2.17 bits per heavy atom. The van der Waals surface area contributed by atoms with Gasteiger partial charge in [-0.05, 0) is 0 Å². The minimum absolute atomic E-state index is 0.369. The summed E-state index contributed by atoms with van der Waals surface area (Å²) < 4.78 is 10.1. The van der Waals surface area contributed by atoms with Crippen LogP contribution in [0.5, 0.6) is 0 Å². The highest BCUT2D eigenvalue weighted by Crippen LogP contribution is 2.52. The zero-order valence-electron chi connectivity index (χ0n) is 6.80. The molecule has 0 amide bonds. The SMILES string of the molecule is COC1(OC)C(Cl)CC1(Cl)C#N. The molecule has 2 atom stereocenters. The number of ether oxygens (including phenoxy) is 2. The highest BCUT2D eigenvalue weighted by molar-refractivity contribution is 6.32. The summed E-state index contributed by atoms with van der Waals surface area (Å²) in [6.45, 7) is 0. The summed E-state index contributed by atoms with van der Waals surface area (Å²) in [4.78, 5) is -1.15. The van der Waals surface area contributed by atoms with Gasteiger partial charge in [0.1, 0.15) is 0 Å². The van der Waals surface area contributed by atoms with Crippen LogP contribution < -0.4 is 0 Å². The number of halogens is 2. The first-order chi connectivity index (χ1) is 5.56. The molecule has 0 bridgehead atoms. The van der Waals surface area contributed by atoms with E-state index in [1.54, 1.807) is 0 Å². The number of methoxy groups -OCH3 is 2. The van der Waals surface area contributed by atoms with E-state index in [2.05, 4.69) is 0 Å². The Kier molecular flexibility index (Phi) is 2.55. The van der Waals surface area contributed by atoms with E-state index < -0.39 is 10.7 Å². The normalized spacial score (nSPS) is 38.4. The van der Waals surface area contributed by atoms with Crippen LogP contribution in [0.3, 0.4) is 0 Å². The standard InChI is InChI=1S/C7H9Cl2NO2/c1-11-7(12-2)5(8)3-6(7,9)4-10/h5H,3H2,1-2H3. The van der Waals surface area contributed by atoms with Gasteiger partial charge in [0.05, 0.1) is 11.4 Å². The minimum Gasteiger partial charge on any atom is -0.350 e. The number of nitrogens with zero attached hydrogens (tertiary/aromatic N) is 1. The smallest absolute Gasteiger partial charge is 0.217 e. The quantitative estimate of drug-likeness (QED) is 0.512. The van der Waals surface area contributed by atoms with Gasteiger partial charge in [-0.15, -0.1) is 11.6 Å². The van der Waals surface area contributed by atoms with Gasteiger partial charge in [0.2, 0.25) is 5.79 Å². The van der Waals surface area contributed by atoms with Crippen molar-refractivity contribution in [2.24, 2.45) is 0 Å². The fourth-order valence-corrected chi connectivity index (χ4v) is 2.60. The Hall–Kier alpha value is -0.0100. The maximum Gasteiger partial charge on any atom is 0.217 e. The van der Waals surface area contributed by atoms with Crippen molar-refractivity contribution in [2.75, 3.05) is 14.2 Å². The van der Waals surface area contributed by atoms with Crippen LogP contribution in [0.15, 0.2) is 0 Å². The van der Waals surface area contributed by atoms with Crippen molar-refractivity contribution in [3.8, 4) is 6.07 Å². The maximum atomic E-state index is 8.76. The average molecular weight is 210 g/mol. The minimum atomic E-state index is -1.16. The lowest BCUT2D eigenvalue weighted by atomic mass is 9.77. The number of hydrogen-bond acceptors (Lipinski definition) is 3. The topological polar surface area (TPSA) is 42.2 Å². The highest BCUT2D eigenvalue weighted by Gasteiger charge is 2.67. The Labute approximate surface area is 81.1 Å². The lowest BCUT2D eigenvalue weighted by molar-refractivity contribution is -0.258. The van der Waals surface area contributed by atoms with Crippen LogP contribution in [0.25, 0.3) is 0 Å². The van der Waals surface area contributed by atoms with E-state index in [0.717, 1.165) is 0 Å². The molecule has 12 heavy (non-hydrogen) atoms. The Bertz CT molecular complexity index is 224. The van der Waals surface area contributed by atoms with Crippen molar-refractivity contribution >= 4 is 23.2 Å². The van der Waals surface area contributed by atoms with Crippen LogP contribution in [0.4, 0.5) is 0 Å². The molecule has 0 spiro atoms. The molecule has 5 heteroatoms. The van der Waals surface area contributed by atoms with Crippen molar-refractivity contribution < 1.29 is 9.47 Å². The average Bonchev–Trinajstić information content (AvgIpc) is 2.06. The zero-order valence-corrected chi connectivity index (χ0v) is 8.32. The van der Waals surface area contributed by atoms with E-state index in [4.69, 9.17) is 37.9 Å². The molecule has 3 nitrogen and oxygen atoms in total. The Morgan fingerprint density at radius 1 is 1.50 bits per heavy atom. The second kappa shape index (κ2) is 3.04. The molecular formula is C7H9Cl2NO2. The summed E-state index contributed by atoms with van der Waals surface area (Å²) in [6, 6.07) is 1.93. The van der Waals surface area contributed by atoms with E-state index >= 15 is 0 Å². The number of rotatable bonds is 2. The van der Waals surface area contributed by atoms with E-state index in [-0.39, 0.29) is 5.38 Å². The molecule has 0 aliphatic heterocycles. The second-order valence-corrected chi connectivity index (χ2v) is 3.83. The van der Waals surface area contributed by atoms with Crippen molar-refractivity contribution in [1.29, 1.82) is 5.26 Å². The van der Waals surface area contributed by atoms with Gasteiger partial charge in [-0.25, -0.2) is 0 Å². The highest BCUT2D eigenvalue weighted by atomic mass is 35.5. The first-order valence-corrected chi connectivity index (χ1v) is 4.22. The summed E-state index contributed by atoms with van der Waals surface area (Å²) >= 11 is 11.8. The number of alkyl halides is 2. The first-order valence-electron chi connectivity index (χ1n) is 3.41. The third kappa shape index (κ3) is 0.961. The van der Waals surface area contributed by atoms with Gasteiger partial charge >= 0.3 is 0 Å². The fourth-order valence-electron chi connectivity index (χ4n) is 1.43. The van der Waals surface area contributed by atoms with Crippen molar-refractivity contribution in [1.82, 2.24) is 0 Å². The summed E-state index contributed by atoms with van der Waals surface area (Å²) in [5.74, 6) is -1.16. The molecule has 2 unspecified atom stereocenters. The summed E-state index contributed by atoms with van der Waals surface area (Å²) in [6.07, 6.45) is 0.369. The predicted octanol–water partition coefficient (Wildman–Crippen LogP) is 1.49. The molecule has 1 aliphatic carbocycles. The molecule has 1 fully saturated rings. The monoisotopic (exact) mass is 209 g/mol. The van der Waals surface area contributed by atoms with Crippen LogP contribution in [0, 0.1) is 11.3 Å². The Balaban J connectivity index is 2.92. The van der Waals surface area contributed by atoms with Gasteiger partial charge in [0, 0.05) is 20.6 Å². The molecule has 0 N–H and O–H groups in total. The van der Waals surface area contributed by atoms with Gasteiger partial charge in [0.15, 0.2) is 4.87 Å². The number of nitriles is 1. The van der Waals surface area contributed by atoms with Crippen LogP contribution in [0.1, 0.15) is 6.42 Å². The summed E-state index contributed by atoms with van der Waals surface area (Å²) in [5.41, 5.74) is 0. The first kappa shape index (κ1) is 10.1. The molecule has 0 saturated heterocycles.